The van der Waals surface area contributed by atoms with E-state index in [2.05, 4.69) is 0 Å². The fourth-order valence-corrected chi connectivity index (χ4v) is 2.03. The number of rotatable bonds is 6. The molecule has 0 aromatic heterocycles. The number of hydrogen-bond donors (Lipinski definition) is 1. The van der Waals surface area contributed by atoms with Crippen molar-refractivity contribution in [3.8, 4) is 0 Å². The molecule has 0 saturated heterocycles. The summed E-state index contributed by atoms with van der Waals surface area (Å²) >= 11 is 0. The molecule has 0 amide bonds. The van der Waals surface area contributed by atoms with Gasteiger partial charge in [0, 0.05) is 5.92 Å². The second-order valence-electron chi connectivity index (χ2n) is 5.09. The Morgan fingerprint density at radius 2 is 1.30 bits per heavy atom. The van der Waals surface area contributed by atoms with Gasteiger partial charge in [-0.1, -0.05) is 74.3 Å². The van der Waals surface area contributed by atoms with Crippen LogP contribution in [0, 0.1) is 5.92 Å². The molecule has 0 spiro atoms. The first-order valence-corrected chi connectivity index (χ1v) is 6.64. The molecule has 1 unspecified atom stereocenters. The highest BCUT2D eigenvalue weighted by Gasteiger charge is 2.22. The van der Waals surface area contributed by atoms with Gasteiger partial charge in [0.25, 0.3) is 0 Å². The lowest BCUT2D eigenvalue weighted by Gasteiger charge is -2.24. The Hall–Kier alpha value is -1.60. The molecule has 0 aliphatic rings. The lowest BCUT2D eigenvalue weighted by atomic mass is 9.84. The van der Waals surface area contributed by atoms with E-state index in [4.69, 9.17) is 13.7 Å². The molecule has 1 nitrogen and oxygen atoms in total. The molecule has 1 N–H and O–H groups in total. The van der Waals surface area contributed by atoms with Gasteiger partial charge in [0.05, 0.1) is 19.8 Å². The second kappa shape index (κ2) is 7.25. The average molecular weight is 278 g/mol. The van der Waals surface area contributed by atoms with Gasteiger partial charge >= 0.3 is 0 Å². The third kappa shape index (κ3) is 3.94. The van der Waals surface area contributed by atoms with Gasteiger partial charge in [-0.25, -0.2) is 0 Å². The van der Waals surface area contributed by atoms with Crippen LogP contribution in [0.1, 0.15) is 57.4 Å². The van der Waals surface area contributed by atoms with E-state index < -0.39 is 72.4 Å². The van der Waals surface area contributed by atoms with Crippen LogP contribution >= 0.6 is 0 Å². The maximum Gasteiger partial charge on any atom is 0.0649 e. The summed E-state index contributed by atoms with van der Waals surface area (Å²) in [6.07, 6.45) is -0.624. The van der Waals surface area contributed by atoms with Crippen molar-refractivity contribution < 1.29 is 18.8 Å². The summed E-state index contributed by atoms with van der Waals surface area (Å²) in [7, 11) is 0. The van der Waals surface area contributed by atoms with E-state index in [0.717, 1.165) is 0 Å². The third-order valence-electron chi connectivity index (χ3n) is 3.09. The minimum Gasteiger partial charge on any atom is -0.392 e. The Morgan fingerprint density at radius 1 is 0.850 bits per heavy atom. The van der Waals surface area contributed by atoms with Crippen molar-refractivity contribution in [2.24, 2.45) is 5.92 Å². The quantitative estimate of drug-likeness (QED) is 0.817. The maximum atomic E-state index is 11.0. The minimum atomic E-state index is -1.38. The normalized spacial score (nSPS) is 19.9. The number of benzene rings is 2. The van der Waals surface area contributed by atoms with Gasteiger partial charge in [-0.3, -0.25) is 0 Å². The van der Waals surface area contributed by atoms with Gasteiger partial charge < -0.3 is 5.11 Å². The minimum absolute atomic E-state index is 0.159. The fraction of sp³-hybridized carbons (Fsp3) is 0.368. The van der Waals surface area contributed by atoms with Crippen LogP contribution < -0.4 is 0 Å². The fourth-order valence-electron chi connectivity index (χ4n) is 2.03. The Balaban J connectivity index is 2.91. The van der Waals surface area contributed by atoms with Gasteiger partial charge in [-0.15, -0.1) is 0 Å². The molecule has 0 fully saturated rings. The van der Waals surface area contributed by atoms with Crippen molar-refractivity contribution in [3.05, 3.63) is 71.6 Å². The third-order valence-corrected chi connectivity index (χ3v) is 3.09. The Morgan fingerprint density at radius 3 is 1.70 bits per heavy atom. The van der Waals surface area contributed by atoms with Crippen molar-refractivity contribution >= 4 is 0 Å². The van der Waals surface area contributed by atoms with Gasteiger partial charge in [-0.2, -0.15) is 0 Å². The summed E-state index contributed by atoms with van der Waals surface area (Å²) in [4.78, 5) is 0. The lowest BCUT2D eigenvalue weighted by molar-refractivity contribution is 0.139. The van der Waals surface area contributed by atoms with Crippen molar-refractivity contribution in [2.75, 3.05) is 0 Å². The summed E-state index contributed by atoms with van der Waals surface area (Å²) in [6, 6.07) is -5.93. The summed E-state index contributed by atoms with van der Waals surface area (Å²) < 4.78 is 80.5. The molecule has 2 aromatic rings. The van der Waals surface area contributed by atoms with Crippen LogP contribution in [0.25, 0.3) is 0 Å². The van der Waals surface area contributed by atoms with Crippen LogP contribution in [-0.2, 0) is 0 Å². The molecular formula is C19H24O. The highest BCUT2D eigenvalue weighted by molar-refractivity contribution is 5.33. The molecule has 0 saturated carbocycles. The summed E-state index contributed by atoms with van der Waals surface area (Å²) in [5, 5.41) is 11.0. The van der Waals surface area contributed by atoms with Gasteiger partial charge in [0.2, 0.25) is 0 Å². The molecule has 0 radical (unpaired) electrons. The van der Waals surface area contributed by atoms with Crippen molar-refractivity contribution in [1.29, 1.82) is 0 Å². The van der Waals surface area contributed by atoms with Crippen molar-refractivity contribution in [1.82, 2.24) is 0 Å². The Labute approximate surface area is 136 Å². The SMILES string of the molecule is [2H]c1c([2H])c([2H])c(C(c2c([2H])c([2H])c([2H])c([2H])c2[2H])C(O)CCC(C)C)c([2H])c1[2H]. The molecule has 0 bridgehead atoms. The molecule has 0 heterocycles. The van der Waals surface area contributed by atoms with E-state index in [9.17, 15) is 5.11 Å². The second-order valence-corrected chi connectivity index (χ2v) is 5.09. The van der Waals surface area contributed by atoms with E-state index >= 15 is 0 Å². The summed E-state index contributed by atoms with van der Waals surface area (Å²) in [6.45, 7) is 3.85. The Kier molecular flexibility index (Phi) is 2.34. The highest BCUT2D eigenvalue weighted by atomic mass is 16.3. The number of aliphatic hydroxyl groups excluding tert-OH is 1. The highest BCUT2D eigenvalue weighted by Crippen LogP contribution is 2.30. The van der Waals surface area contributed by atoms with Crippen LogP contribution in [0.3, 0.4) is 0 Å². The molecular weight excluding hydrogens is 244 g/mol. The average Bonchev–Trinajstić information content (AvgIpc) is 2.70. The van der Waals surface area contributed by atoms with E-state index in [0.29, 0.717) is 6.42 Å². The van der Waals surface area contributed by atoms with E-state index in [1.807, 2.05) is 13.8 Å². The monoisotopic (exact) mass is 278 g/mol. The van der Waals surface area contributed by atoms with Crippen LogP contribution in [0.15, 0.2) is 60.4 Å². The first-order chi connectivity index (χ1) is 13.8. The van der Waals surface area contributed by atoms with Crippen LogP contribution in [0.2, 0.25) is 0 Å². The summed E-state index contributed by atoms with van der Waals surface area (Å²) in [5.74, 6) is -1.19. The summed E-state index contributed by atoms with van der Waals surface area (Å²) in [5.41, 5.74) is -0.563. The first kappa shape index (κ1) is 6.44. The van der Waals surface area contributed by atoms with E-state index in [1.54, 1.807) is 0 Å². The molecule has 0 aliphatic heterocycles. The molecule has 0 aliphatic carbocycles. The van der Waals surface area contributed by atoms with Crippen LogP contribution in [-0.4, -0.2) is 11.2 Å². The molecule has 1 atom stereocenters. The molecule has 106 valence electrons. The zero-order chi connectivity index (χ0) is 23.1. The number of aliphatic hydroxyl groups is 1. The van der Waals surface area contributed by atoms with Crippen molar-refractivity contribution in [3.63, 3.8) is 0 Å². The van der Waals surface area contributed by atoms with Crippen molar-refractivity contribution in [2.45, 2.75) is 38.7 Å². The van der Waals surface area contributed by atoms with E-state index in [1.165, 1.54) is 0 Å². The topological polar surface area (TPSA) is 20.2 Å². The predicted octanol–water partition coefficient (Wildman–Crippen LogP) is 4.62. The zero-order valence-corrected chi connectivity index (χ0v) is 11.6. The molecule has 1 heteroatoms. The predicted molar refractivity (Wildman–Crippen MR) is 84.8 cm³/mol. The van der Waals surface area contributed by atoms with Crippen LogP contribution in [0.4, 0.5) is 0 Å². The Bertz CT molecular complexity index is 845. The number of hydrogen-bond acceptors (Lipinski definition) is 1. The van der Waals surface area contributed by atoms with E-state index in [-0.39, 0.29) is 23.5 Å². The largest absolute Gasteiger partial charge is 0.392 e. The smallest absolute Gasteiger partial charge is 0.0649 e. The van der Waals surface area contributed by atoms with Crippen LogP contribution in [0.5, 0.6) is 0 Å². The first-order valence-electron chi connectivity index (χ1n) is 11.6. The molecule has 2 aromatic carbocycles. The van der Waals surface area contributed by atoms with Gasteiger partial charge in [-0.05, 0) is 29.9 Å². The lowest BCUT2D eigenvalue weighted by Crippen LogP contribution is -2.20. The maximum absolute atomic E-state index is 11.0. The van der Waals surface area contributed by atoms with Gasteiger partial charge in [0.15, 0.2) is 0 Å². The molecule has 2 rings (SSSR count). The molecule has 20 heavy (non-hydrogen) atoms. The standard InChI is InChI=1S/C19H24O/c1-15(2)13-14-18(20)19(16-9-5-3-6-10-16)17-11-7-4-8-12-17/h3-12,15,18-20H,13-14H2,1-2H3/i3D,4D,5D,6D,7D,8D,9D,10D,11D,12D. The van der Waals surface area contributed by atoms with Gasteiger partial charge in [0.1, 0.15) is 0 Å². The zero-order valence-electron chi connectivity index (χ0n) is 21.6.